The maximum absolute atomic E-state index is 10.2. The summed E-state index contributed by atoms with van der Waals surface area (Å²) in [5.41, 5.74) is 0. The summed E-state index contributed by atoms with van der Waals surface area (Å²) in [6.07, 6.45) is 1.50. The van der Waals surface area contributed by atoms with Crippen molar-refractivity contribution in [2.45, 2.75) is 40.0 Å². The molecule has 0 aliphatic carbocycles. The lowest BCUT2D eigenvalue weighted by Crippen LogP contribution is -2.00. The van der Waals surface area contributed by atoms with E-state index in [0.29, 0.717) is 19.4 Å². The third kappa shape index (κ3) is 22.5. The molecule has 0 aliphatic heterocycles. The van der Waals surface area contributed by atoms with Crippen LogP contribution in [0.3, 0.4) is 0 Å². The van der Waals surface area contributed by atoms with Gasteiger partial charge in [0.2, 0.25) is 0 Å². The lowest BCUT2D eigenvalue weighted by Gasteiger charge is -1.93. The minimum Gasteiger partial charge on any atom is -0.481 e. The van der Waals surface area contributed by atoms with Gasteiger partial charge in [0.05, 0.1) is 6.61 Å². The predicted molar refractivity (Wildman–Crippen MR) is 56.7 cm³/mol. The van der Waals surface area contributed by atoms with Crippen molar-refractivity contribution in [1.82, 2.24) is 0 Å². The van der Waals surface area contributed by atoms with E-state index in [4.69, 9.17) is 5.11 Å². The van der Waals surface area contributed by atoms with E-state index in [0.717, 1.165) is 6.42 Å². The molecule has 14 heavy (non-hydrogen) atoms. The van der Waals surface area contributed by atoms with Gasteiger partial charge in [0, 0.05) is 12.8 Å². The average molecular weight is 227 g/mol. The lowest BCUT2D eigenvalue weighted by atomic mass is 10.4. The first kappa shape index (κ1) is 18.9. The van der Waals surface area contributed by atoms with Gasteiger partial charge in [-0.05, 0) is 13.3 Å². The Balaban J connectivity index is -0.000000163. The molecule has 0 heterocycles. The van der Waals surface area contributed by atoms with Crippen LogP contribution in [0.4, 0.5) is 0 Å². The summed E-state index contributed by atoms with van der Waals surface area (Å²) in [5.74, 6) is -0.833. The van der Waals surface area contributed by atoms with Gasteiger partial charge in [-0.25, -0.2) is 0 Å². The molecule has 0 fully saturated rings. The van der Waals surface area contributed by atoms with Crippen LogP contribution in [-0.2, 0) is 14.3 Å². The summed E-state index contributed by atoms with van der Waals surface area (Å²) in [5, 5.41) is 7.91. The number of esters is 1. The average Bonchev–Trinajstić information content (AvgIpc) is 2.05. The second-order valence-electron chi connectivity index (χ2n) is 2.30. The molecule has 0 aromatic carbocycles. The van der Waals surface area contributed by atoms with Crippen LogP contribution in [0.1, 0.15) is 40.0 Å². The standard InChI is InChI=1S/C5H10O2.C4H8O2.ClH/c1-3-5(6)7-4-2;1-2-3-4(5)6;/h3-4H2,1-2H3;2-3H2,1H3,(H,5,6);1H. The number of carbonyl (C=O) groups excluding carboxylic acids is 1. The zero-order valence-electron chi connectivity index (χ0n) is 8.91. The summed E-state index contributed by atoms with van der Waals surface area (Å²) >= 11 is 0. The van der Waals surface area contributed by atoms with Crippen molar-refractivity contribution in [2.75, 3.05) is 6.61 Å². The molecule has 0 aliphatic rings. The van der Waals surface area contributed by atoms with Crippen LogP contribution in [-0.4, -0.2) is 23.7 Å². The number of carboxylic acids is 1. The molecule has 0 amide bonds. The monoisotopic (exact) mass is 226 g/mol. The van der Waals surface area contributed by atoms with Gasteiger partial charge < -0.3 is 9.84 Å². The fraction of sp³-hybridized carbons (Fsp3) is 0.778. The number of halogens is 1. The van der Waals surface area contributed by atoms with Crippen molar-refractivity contribution >= 4 is 24.3 Å². The van der Waals surface area contributed by atoms with Crippen molar-refractivity contribution in [2.24, 2.45) is 0 Å². The van der Waals surface area contributed by atoms with Crippen LogP contribution >= 0.6 is 12.4 Å². The first-order chi connectivity index (χ1) is 6.08. The van der Waals surface area contributed by atoms with Crippen LogP contribution in [0.15, 0.2) is 0 Å². The van der Waals surface area contributed by atoms with E-state index in [2.05, 4.69) is 4.74 Å². The molecular weight excluding hydrogens is 208 g/mol. The Kier molecular flexibility index (Phi) is 19.9. The summed E-state index contributed by atoms with van der Waals surface area (Å²) in [7, 11) is 0. The SMILES string of the molecule is CCCC(=O)O.CCOC(=O)CC.Cl. The molecule has 0 radical (unpaired) electrons. The van der Waals surface area contributed by atoms with Crippen LogP contribution in [0, 0.1) is 0 Å². The lowest BCUT2D eigenvalue weighted by molar-refractivity contribution is -0.142. The third-order valence-corrected chi connectivity index (χ3v) is 1.06. The van der Waals surface area contributed by atoms with E-state index in [1.807, 2.05) is 6.92 Å². The van der Waals surface area contributed by atoms with Gasteiger partial charge in [0.1, 0.15) is 0 Å². The molecule has 0 saturated carbocycles. The Bertz CT molecular complexity index is 148. The largest absolute Gasteiger partial charge is 0.481 e. The molecule has 86 valence electrons. The van der Waals surface area contributed by atoms with Gasteiger partial charge in [-0.3, -0.25) is 9.59 Å². The number of carboxylic acid groups (broad SMARTS) is 1. The number of ether oxygens (including phenoxy) is 1. The molecule has 0 atom stereocenters. The number of rotatable bonds is 4. The molecule has 0 saturated heterocycles. The van der Waals surface area contributed by atoms with Gasteiger partial charge in [0.15, 0.2) is 0 Å². The molecule has 0 aromatic rings. The van der Waals surface area contributed by atoms with Crippen molar-refractivity contribution in [3.05, 3.63) is 0 Å². The molecule has 0 rings (SSSR count). The zero-order chi connectivity index (χ0) is 10.7. The summed E-state index contributed by atoms with van der Waals surface area (Å²) in [4.78, 5) is 19.8. The van der Waals surface area contributed by atoms with Gasteiger partial charge >= 0.3 is 11.9 Å². The smallest absolute Gasteiger partial charge is 0.305 e. The molecular formula is C9H19ClO4. The fourth-order valence-electron chi connectivity index (χ4n) is 0.477. The summed E-state index contributed by atoms with van der Waals surface area (Å²) in [6.45, 7) is 5.91. The van der Waals surface area contributed by atoms with Crippen LogP contribution in [0.25, 0.3) is 0 Å². The third-order valence-electron chi connectivity index (χ3n) is 1.06. The Hall–Kier alpha value is -0.770. The number of aliphatic carboxylic acids is 1. The maximum atomic E-state index is 10.2. The Morgan fingerprint density at radius 3 is 1.79 bits per heavy atom. The van der Waals surface area contributed by atoms with Gasteiger partial charge in [-0.15, -0.1) is 12.4 Å². The molecule has 5 heteroatoms. The summed E-state index contributed by atoms with van der Waals surface area (Å²) < 4.78 is 4.55. The predicted octanol–water partition coefficient (Wildman–Crippen LogP) is 2.25. The van der Waals surface area contributed by atoms with Crippen LogP contribution in [0.2, 0.25) is 0 Å². The van der Waals surface area contributed by atoms with E-state index in [9.17, 15) is 9.59 Å². The second kappa shape index (κ2) is 14.7. The molecule has 0 aromatic heterocycles. The minimum atomic E-state index is -0.711. The fourth-order valence-corrected chi connectivity index (χ4v) is 0.477. The van der Waals surface area contributed by atoms with Crippen LogP contribution < -0.4 is 0 Å². The van der Waals surface area contributed by atoms with Crippen molar-refractivity contribution < 1.29 is 19.4 Å². The van der Waals surface area contributed by atoms with E-state index < -0.39 is 5.97 Å². The van der Waals surface area contributed by atoms with Crippen molar-refractivity contribution in [3.63, 3.8) is 0 Å². The van der Waals surface area contributed by atoms with E-state index in [-0.39, 0.29) is 18.4 Å². The highest BCUT2D eigenvalue weighted by Gasteiger charge is 1.91. The number of hydrogen-bond acceptors (Lipinski definition) is 3. The van der Waals surface area contributed by atoms with Crippen molar-refractivity contribution in [3.8, 4) is 0 Å². The zero-order valence-corrected chi connectivity index (χ0v) is 9.73. The Morgan fingerprint density at radius 2 is 1.71 bits per heavy atom. The van der Waals surface area contributed by atoms with Gasteiger partial charge in [-0.1, -0.05) is 13.8 Å². The minimum absolute atomic E-state index is 0. The molecule has 0 spiro atoms. The summed E-state index contributed by atoms with van der Waals surface area (Å²) in [6, 6.07) is 0. The van der Waals surface area contributed by atoms with Crippen molar-refractivity contribution in [1.29, 1.82) is 0 Å². The quantitative estimate of drug-likeness (QED) is 0.747. The normalized spacial score (nSPS) is 7.64. The van der Waals surface area contributed by atoms with Gasteiger partial charge in [0.25, 0.3) is 0 Å². The van der Waals surface area contributed by atoms with E-state index in [1.165, 1.54) is 0 Å². The number of carbonyl (C=O) groups is 2. The number of hydrogen-bond donors (Lipinski definition) is 1. The highest BCUT2D eigenvalue weighted by molar-refractivity contribution is 5.85. The topological polar surface area (TPSA) is 63.6 Å². The molecule has 4 nitrogen and oxygen atoms in total. The highest BCUT2D eigenvalue weighted by Crippen LogP contribution is 1.82. The highest BCUT2D eigenvalue weighted by atomic mass is 35.5. The Labute approximate surface area is 91.0 Å². The Morgan fingerprint density at radius 1 is 1.21 bits per heavy atom. The molecule has 0 bridgehead atoms. The molecule has 1 N–H and O–H groups in total. The van der Waals surface area contributed by atoms with E-state index in [1.54, 1.807) is 13.8 Å². The first-order valence-electron chi connectivity index (χ1n) is 4.45. The maximum Gasteiger partial charge on any atom is 0.305 e. The first-order valence-corrected chi connectivity index (χ1v) is 4.45. The van der Waals surface area contributed by atoms with Crippen LogP contribution in [0.5, 0.6) is 0 Å². The van der Waals surface area contributed by atoms with E-state index >= 15 is 0 Å². The molecule has 0 unspecified atom stereocenters. The second-order valence-corrected chi connectivity index (χ2v) is 2.30. The van der Waals surface area contributed by atoms with Gasteiger partial charge in [-0.2, -0.15) is 0 Å².